The van der Waals surface area contributed by atoms with Crippen LogP contribution in [-0.2, 0) is 22.7 Å². The molecule has 0 saturated carbocycles. The maximum atomic E-state index is 12.7. The van der Waals surface area contributed by atoms with Crippen molar-refractivity contribution in [1.82, 2.24) is 10.2 Å². The summed E-state index contributed by atoms with van der Waals surface area (Å²) in [5, 5.41) is 12.6. The average molecular weight is 314 g/mol. The molecule has 1 saturated heterocycles. The summed E-state index contributed by atoms with van der Waals surface area (Å²) in [5.41, 5.74) is 0.650. The van der Waals surface area contributed by atoms with Crippen LogP contribution >= 0.6 is 0 Å². The SMILES string of the molecule is O=C1CC[C@H](C(=O)N(Cc2ccco2)Cc2ccccc2O)N1. The molecule has 0 bridgehead atoms. The Labute approximate surface area is 133 Å². The number of rotatable bonds is 5. The van der Waals surface area contributed by atoms with Crippen molar-refractivity contribution >= 4 is 11.8 Å². The van der Waals surface area contributed by atoms with E-state index < -0.39 is 6.04 Å². The molecule has 6 nitrogen and oxygen atoms in total. The Morgan fingerprint density at radius 2 is 2.09 bits per heavy atom. The Kier molecular flexibility index (Phi) is 4.32. The maximum Gasteiger partial charge on any atom is 0.245 e. The van der Waals surface area contributed by atoms with Crippen LogP contribution in [0.5, 0.6) is 5.75 Å². The van der Waals surface area contributed by atoms with E-state index in [-0.39, 0.29) is 30.7 Å². The van der Waals surface area contributed by atoms with Gasteiger partial charge in [-0.3, -0.25) is 9.59 Å². The summed E-state index contributed by atoms with van der Waals surface area (Å²) < 4.78 is 5.32. The number of phenols is 1. The Hall–Kier alpha value is -2.76. The Morgan fingerprint density at radius 1 is 1.26 bits per heavy atom. The third kappa shape index (κ3) is 3.53. The lowest BCUT2D eigenvalue weighted by Crippen LogP contribution is -2.43. The molecule has 2 N–H and O–H groups in total. The molecule has 0 unspecified atom stereocenters. The maximum absolute atomic E-state index is 12.7. The van der Waals surface area contributed by atoms with Gasteiger partial charge in [-0.25, -0.2) is 0 Å². The van der Waals surface area contributed by atoms with E-state index in [0.717, 1.165) is 0 Å². The Morgan fingerprint density at radius 3 is 2.74 bits per heavy atom. The predicted molar refractivity (Wildman–Crippen MR) is 82.2 cm³/mol. The lowest BCUT2D eigenvalue weighted by atomic mass is 10.1. The minimum absolute atomic E-state index is 0.108. The molecule has 6 heteroatoms. The molecule has 2 amide bonds. The molecule has 1 fully saturated rings. The van der Waals surface area contributed by atoms with Gasteiger partial charge in [0.1, 0.15) is 17.6 Å². The van der Waals surface area contributed by atoms with Crippen molar-refractivity contribution in [1.29, 1.82) is 0 Å². The van der Waals surface area contributed by atoms with Gasteiger partial charge in [-0.1, -0.05) is 18.2 Å². The van der Waals surface area contributed by atoms with Gasteiger partial charge in [0.25, 0.3) is 0 Å². The summed E-state index contributed by atoms with van der Waals surface area (Å²) >= 11 is 0. The molecule has 1 aromatic carbocycles. The first kappa shape index (κ1) is 15.1. The fraction of sp³-hybridized carbons (Fsp3) is 0.294. The number of nitrogens with zero attached hydrogens (tertiary/aromatic N) is 1. The second kappa shape index (κ2) is 6.56. The molecule has 1 aromatic heterocycles. The van der Waals surface area contributed by atoms with Crippen LogP contribution in [0.3, 0.4) is 0 Å². The molecule has 0 aliphatic carbocycles. The number of nitrogens with one attached hydrogen (secondary N) is 1. The van der Waals surface area contributed by atoms with E-state index in [4.69, 9.17) is 4.42 Å². The van der Waals surface area contributed by atoms with Crippen LogP contribution in [0.15, 0.2) is 47.1 Å². The predicted octanol–water partition coefficient (Wildman–Crippen LogP) is 1.79. The topological polar surface area (TPSA) is 82.8 Å². The highest BCUT2D eigenvalue weighted by Gasteiger charge is 2.31. The van der Waals surface area contributed by atoms with Crippen molar-refractivity contribution in [3.8, 4) is 5.75 Å². The smallest absolute Gasteiger partial charge is 0.245 e. The molecule has 1 aliphatic rings. The first-order chi connectivity index (χ1) is 11.1. The van der Waals surface area contributed by atoms with Crippen LogP contribution in [0.4, 0.5) is 0 Å². The van der Waals surface area contributed by atoms with Gasteiger partial charge in [-0.05, 0) is 24.6 Å². The van der Waals surface area contributed by atoms with Gasteiger partial charge in [-0.2, -0.15) is 0 Å². The highest BCUT2D eigenvalue weighted by molar-refractivity contribution is 5.90. The van der Waals surface area contributed by atoms with E-state index in [1.165, 1.54) is 0 Å². The molecular formula is C17H18N2O4. The molecule has 0 radical (unpaired) electrons. The standard InChI is InChI=1S/C17H18N2O4/c20-15-6-2-1-4-12(15)10-19(11-13-5-3-9-23-13)17(22)14-7-8-16(21)18-14/h1-6,9,14,20H,7-8,10-11H2,(H,18,21)/t14-/m1/s1. The van der Waals surface area contributed by atoms with Gasteiger partial charge in [-0.15, -0.1) is 0 Å². The number of aromatic hydroxyl groups is 1. The third-order valence-corrected chi connectivity index (χ3v) is 3.88. The fourth-order valence-electron chi connectivity index (χ4n) is 2.67. The Bertz CT molecular complexity index is 696. The molecular weight excluding hydrogens is 296 g/mol. The van der Waals surface area contributed by atoms with Crippen LogP contribution in [0, 0.1) is 0 Å². The summed E-state index contributed by atoms with van der Waals surface area (Å²) in [5.74, 6) is 0.512. The van der Waals surface area contributed by atoms with Crippen LogP contribution in [0.25, 0.3) is 0 Å². The van der Waals surface area contributed by atoms with Gasteiger partial charge < -0.3 is 19.7 Å². The number of hydrogen-bond donors (Lipinski definition) is 2. The van der Waals surface area contributed by atoms with Crippen molar-refractivity contribution < 1.29 is 19.1 Å². The third-order valence-electron chi connectivity index (χ3n) is 3.88. The molecule has 120 valence electrons. The summed E-state index contributed by atoms with van der Waals surface area (Å²) in [6.45, 7) is 0.533. The lowest BCUT2D eigenvalue weighted by Gasteiger charge is -2.25. The van der Waals surface area contributed by atoms with E-state index in [1.807, 2.05) is 6.07 Å². The minimum Gasteiger partial charge on any atom is -0.508 e. The molecule has 1 atom stereocenters. The first-order valence-electron chi connectivity index (χ1n) is 7.51. The van der Waals surface area contributed by atoms with Crippen molar-refractivity contribution in [2.24, 2.45) is 0 Å². The highest BCUT2D eigenvalue weighted by Crippen LogP contribution is 2.21. The summed E-state index contributed by atoms with van der Waals surface area (Å²) in [7, 11) is 0. The van der Waals surface area contributed by atoms with Crippen molar-refractivity contribution in [2.45, 2.75) is 32.0 Å². The molecule has 3 rings (SSSR count). The number of phenolic OH excluding ortho intramolecular Hbond substituents is 1. The number of para-hydroxylation sites is 1. The number of carbonyl (C=O) groups excluding carboxylic acids is 2. The second-order valence-electron chi connectivity index (χ2n) is 5.56. The zero-order valence-electron chi connectivity index (χ0n) is 12.6. The van der Waals surface area contributed by atoms with Crippen molar-refractivity contribution in [3.05, 3.63) is 54.0 Å². The van der Waals surface area contributed by atoms with Crippen LogP contribution in [0.2, 0.25) is 0 Å². The largest absolute Gasteiger partial charge is 0.508 e. The molecule has 2 heterocycles. The zero-order chi connectivity index (χ0) is 16.2. The van der Waals surface area contributed by atoms with Crippen LogP contribution < -0.4 is 5.32 Å². The Balaban J connectivity index is 1.79. The fourth-order valence-corrected chi connectivity index (χ4v) is 2.67. The quantitative estimate of drug-likeness (QED) is 0.881. The van der Waals surface area contributed by atoms with Gasteiger partial charge in [0.05, 0.1) is 12.8 Å². The van der Waals surface area contributed by atoms with Gasteiger partial charge in [0.2, 0.25) is 11.8 Å². The van der Waals surface area contributed by atoms with E-state index in [9.17, 15) is 14.7 Å². The normalized spacial score (nSPS) is 17.0. The van der Waals surface area contributed by atoms with Crippen molar-refractivity contribution in [3.63, 3.8) is 0 Å². The second-order valence-corrected chi connectivity index (χ2v) is 5.56. The van der Waals surface area contributed by atoms with E-state index in [1.54, 1.807) is 41.5 Å². The van der Waals surface area contributed by atoms with Gasteiger partial charge >= 0.3 is 0 Å². The van der Waals surface area contributed by atoms with Crippen LogP contribution in [-0.4, -0.2) is 27.9 Å². The lowest BCUT2D eigenvalue weighted by molar-refractivity contribution is -0.135. The molecule has 1 aliphatic heterocycles. The van der Waals surface area contributed by atoms with E-state index in [0.29, 0.717) is 24.2 Å². The van der Waals surface area contributed by atoms with Crippen LogP contribution in [0.1, 0.15) is 24.2 Å². The molecule has 23 heavy (non-hydrogen) atoms. The number of furan rings is 1. The zero-order valence-corrected chi connectivity index (χ0v) is 12.6. The van der Waals surface area contributed by atoms with E-state index in [2.05, 4.69) is 5.32 Å². The number of amides is 2. The summed E-state index contributed by atoms with van der Waals surface area (Å²) in [6.07, 6.45) is 2.41. The highest BCUT2D eigenvalue weighted by atomic mass is 16.3. The summed E-state index contributed by atoms with van der Waals surface area (Å²) in [4.78, 5) is 25.7. The van der Waals surface area contributed by atoms with Gasteiger partial charge in [0, 0.05) is 18.5 Å². The number of hydrogen-bond acceptors (Lipinski definition) is 4. The minimum atomic E-state index is -0.511. The van der Waals surface area contributed by atoms with Gasteiger partial charge in [0.15, 0.2) is 0 Å². The first-order valence-corrected chi connectivity index (χ1v) is 7.51. The monoisotopic (exact) mass is 314 g/mol. The molecule has 2 aromatic rings. The van der Waals surface area contributed by atoms with E-state index >= 15 is 0 Å². The number of carbonyl (C=O) groups is 2. The van der Waals surface area contributed by atoms with Crippen molar-refractivity contribution in [2.75, 3.05) is 0 Å². The summed E-state index contributed by atoms with van der Waals surface area (Å²) in [6, 6.07) is 9.93. The molecule has 0 spiro atoms. The average Bonchev–Trinajstić information content (AvgIpc) is 3.19. The number of benzene rings is 1.